The van der Waals surface area contributed by atoms with Gasteiger partial charge in [-0.25, -0.2) is 0 Å². The van der Waals surface area contributed by atoms with Gasteiger partial charge in [-0.15, -0.1) is 0 Å². The van der Waals surface area contributed by atoms with Gasteiger partial charge in [-0.1, -0.05) is 22.9 Å². The van der Waals surface area contributed by atoms with Crippen molar-refractivity contribution in [1.29, 1.82) is 0 Å². The van der Waals surface area contributed by atoms with Crippen LogP contribution in [0.3, 0.4) is 0 Å². The van der Waals surface area contributed by atoms with E-state index in [9.17, 15) is 9.59 Å². The van der Waals surface area contributed by atoms with Crippen molar-refractivity contribution in [3.8, 4) is 5.75 Å². The summed E-state index contributed by atoms with van der Waals surface area (Å²) in [5.41, 5.74) is 0. The molecule has 0 heterocycles. The third kappa shape index (κ3) is 5.30. The maximum atomic E-state index is 12.4. The summed E-state index contributed by atoms with van der Waals surface area (Å²) in [5, 5.41) is 0. The Hall–Kier alpha value is -0.400. The van der Waals surface area contributed by atoms with Crippen LogP contribution in [0.2, 0.25) is 0 Å². The predicted molar refractivity (Wildman–Crippen MR) is 102 cm³/mol. The number of hydrogen-bond donors (Lipinski definition) is 0. The Kier molecular flexibility index (Phi) is 7.75. The summed E-state index contributed by atoms with van der Waals surface area (Å²) in [4.78, 5) is 24.3. The zero-order valence-electron chi connectivity index (χ0n) is 13.3. The number of halogens is 3. The molecule has 0 aromatic heterocycles. The molecule has 1 saturated carbocycles. The molecular weight excluding hydrogens is 508 g/mol. The fraction of sp³-hybridized carbons (Fsp3) is 0.529. The summed E-state index contributed by atoms with van der Waals surface area (Å²) in [6.45, 7) is 2.44. The first-order valence-electron chi connectivity index (χ1n) is 7.95. The fourth-order valence-electron chi connectivity index (χ4n) is 2.70. The molecular formula is C17H19Br3O4. The van der Waals surface area contributed by atoms with Gasteiger partial charge in [-0.2, -0.15) is 0 Å². The van der Waals surface area contributed by atoms with E-state index in [2.05, 4.69) is 47.8 Å². The van der Waals surface area contributed by atoms with Gasteiger partial charge in [-0.3, -0.25) is 9.59 Å². The van der Waals surface area contributed by atoms with Crippen LogP contribution in [0.1, 0.15) is 39.0 Å². The Labute approximate surface area is 167 Å². The molecule has 1 aliphatic carbocycles. The van der Waals surface area contributed by atoms with Crippen molar-refractivity contribution in [2.24, 2.45) is 11.8 Å². The predicted octanol–water partition coefficient (Wildman–Crippen LogP) is 5.64. The molecule has 0 radical (unpaired) electrons. The Balaban J connectivity index is 1.91. The van der Waals surface area contributed by atoms with Crippen LogP contribution in [0.25, 0.3) is 0 Å². The van der Waals surface area contributed by atoms with E-state index in [4.69, 9.17) is 9.47 Å². The van der Waals surface area contributed by atoms with Crippen LogP contribution in [0.4, 0.5) is 0 Å². The fourth-order valence-corrected chi connectivity index (χ4v) is 5.12. The van der Waals surface area contributed by atoms with Gasteiger partial charge in [-0.05, 0) is 76.1 Å². The van der Waals surface area contributed by atoms with Crippen molar-refractivity contribution in [1.82, 2.24) is 0 Å². The van der Waals surface area contributed by atoms with Crippen LogP contribution < -0.4 is 4.74 Å². The van der Waals surface area contributed by atoms with Gasteiger partial charge in [0.2, 0.25) is 0 Å². The van der Waals surface area contributed by atoms with E-state index in [-0.39, 0.29) is 23.8 Å². The lowest BCUT2D eigenvalue weighted by Gasteiger charge is -2.26. The average molecular weight is 527 g/mol. The molecule has 0 amide bonds. The standard InChI is InChI=1S/C17H19Br3O4/c1-2-7-23-16(21)10-3-5-11(6-4-10)17(22)24-15-13(19)8-12(18)9-14(15)20/h8-11H,2-7H2,1H3. The molecule has 0 spiro atoms. The second kappa shape index (κ2) is 9.34. The first-order valence-corrected chi connectivity index (χ1v) is 10.3. The molecule has 0 bridgehead atoms. The summed E-state index contributed by atoms with van der Waals surface area (Å²) >= 11 is 10.2. The van der Waals surface area contributed by atoms with Gasteiger partial charge in [0, 0.05) is 4.47 Å². The summed E-state index contributed by atoms with van der Waals surface area (Å²) in [6, 6.07) is 3.65. The quantitative estimate of drug-likeness (QED) is 0.368. The van der Waals surface area contributed by atoms with Crippen LogP contribution >= 0.6 is 47.8 Å². The van der Waals surface area contributed by atoms with Crippen LogP contribution in [-0.4, -0.2) is 18.5 Å². The number of esters is 2. The molecule has 1 aliphatic rings. The third-order valence-electron chi connectivity index (χ3n) is 4.01. The SMILES string of the molecule is CCCOC(=O)C1CCC(C(=O)Oc2c(Br)cc(Br)cc2Br)CC1. The van der Waals surface area contributed by atoms with Crippen molar-refractivity contribution < 1.29 is 19.1 Å². The van der Waals surface area contributed by atoms with Crippen molar-refractivity contribution in [2.45, 2.75) is 39.0 Å². The highest BCUT2D eigenvalue weighted by Crippen LogP contribution is 2.38. The molecule has 0 unspecified atom stereocenters. The Morgan fingerprint density at radius 3 is 2.00 bits per heavy atom. The first-order chi connectivity index (χ1) is 11.4. The number of benzene rings is 1. The van der Waals surface area contributed by atoms with Crippen LogP contribution in [0.15, 0.2) is 25.6 Å². The van der Waals surface area contributed by atoms with Gasteiger partial charge in [0.25, 0.3) is 0 Å². The Morgan fingerprint density at radius 2 is 1.50 bits per heavy atom. The highest BCUT2D eigenvalue weighted by atomic mass is 79.9. The number of rotatable bonds is 5. The molecule has 0 N–H and O–H groups in total. The average Bonchev–Trinajstić information content (AvgIpc) is 2.55. The minimum Gasteiger partial charge on any atom is -0.465 e. The van der Waals surface area contributed by atoms with Crippen molar-refractivity contribution in [2.75, 3.05) is 6.61 Å². The summed E-state index contributed by atoms with van der Waals surface area (Å²) in [5.74, 6) is -0.178. The summed E-state index contributed by atoms with van der Waals surface area (Å²) in [6.07, 6.45) is 3.47. The number of carbonyl (C=O) groups is 2. The molecule has 132 valence electrons. The maximum Gasteiger partial charge on any atom is 0.314 e. The molecule has 1 fully saturated rings. The molecule has 0 aliphatic heterocycles. The summed E-state index contributed by atoms with van der Waals surface area (Å²) < 4.78 is 13.0. The second-order valence-electron chi connectivity index (χ2n) is 5.84. The third-order valence-corrected chi connectivity index (χ3v) is 5.64. The van der Waals surface area contributed by atoms with E-state index >= 15 is 0 Å². The zero-order valence-corrected chi connectivity index (χ0v) is 18.1. The zero-order chi connectivity index (χ0) is 17.7. The molecule has 0 saturated heterocycles. The lowest BCUT2D eigenvalue weighted by atomic mass is 9.82. The van der Waals surface area contributed by atoms with Crippen LogP contribution in [0.5, 0.6) is 5.75 Å². The Bertz CT molecular complexity index is 587. The minimum absolute atomic E-state index is 0.0910. The minimum atomic E-state index is -0.251. The van der Waals surface area contributed by atoms with E-state index in [0.29, 0.717) is 47.0 Å². The highest BCUT2D eigenvalue weighted by Gasteiger charge is 2.32. The maximum absolute atomic E-state index is 12.4. The molecule has 1 aromatic rings. The van der Waals surface area contributed by atoms with Crippen molar-refractivity contribution in [3.63, 3.8) is 0 Å². The molecule has 1 aromatic carbocycles. The molecule has 0 atom stereocenters. The van der Waals surface area contributed by atoms with Crippen molar-refractivity contribution in [3.05, 3.63) is 25.6 Å². The summed E-state index contributed by atoms with van der Waals surface area (Å²) in [7, 11) is 0. The normalized spacial score (nSPS) is 20.5. The monoisotopic (exact) mass is 524 g/mol. The molecule has 4 nitrogen and oxygen atoms in total. The van der Waals surface area contributed by atoms with E-state index < -0.39 is 0 Å². The van der Waals surface area contributed by atoms with Gasteiger partial charge >= 0.3 is 11.9 Å². The lowest BCUT2D eigenvalue weighted by molar-refractivity contribution is -0.152. The molecule has 2 rings (SSSR count). The Morgan fingerprint density at radius 1 is 1.00 bits per heavy atom. The second-order valence-corrected chi connectivity index (χ2v) is 8.46. The molecule has 24 heavy (non-hydrogen) atoms. The highest BCUT2D eigenvalue weighted by molar-refractivity contribution is 9.11. The topological polar surface area (TPSA) is 52.6 Å². The van der Waals surface area contributed by atoms with E-state index in [0.717, 1.165) is 10.9 Å². The van der Waals surface area contributed by atoms with E-state index in [1.165, 1.54) is 0 Å². The van der Waals surface area contributed by atoms with Crippen LogP contribution in [-0.2, 0) is 14.3 Å². The lowest BCUT2D eigenvalue weighted by Crippen LogP contribution is -2.29. The van der Waals surface area contributed by atoms with Gasteiger partial charge in [0.05, 0.1) is 27.4 Å². The first kappa shape index (κ1) is 19.9. The van der Waals surface area contributed by atoms with E-state index in [1.807, 2.05) is 19.1 Å². The van der Waals surface area contributed by atoms with Gasteiger partial charge in [0.1, 0.15) is 0 Å². The largest absolute Gasteiger partial charge is 0.465 e. The van der Waals surface area contributed by atoms with Gasteiger partial charge < -0.3 is 9.47 Å². The number of hydrogen-bond acceptors (Lipinski definition) is 4. The van der Waals surface area contributed by atoms with Crippen LogP contribution in [0, 0.1) is 11.8 Å². The number of carbonyl (C=O) groups excluding carboxylic acids is 2. The molecule has 7 heteroatoms. The smallest absolute Gasteiger partial charge is 0.314 e. The van der Waals surface area contributed by atoms with E-state index in [1.54, 1.807) is 0 Å². The van der Waals surface area contributed by atoms with Gasteiger partial charge in [0.15, 0.2) is 5.75 Å². The number of ether oxygens (including phenoxy) is 2. The van der Waals surface area contributed by atoms with Crippen molar-refractivity contribution >= 4 is 59.7 Å².